The second kappa shape index (κ2) is 5.06. The van der Waals surface area contributed by atoms with Crippen LogP contribution < -0.4 is 15.0 Å². The fraction of sp³-hybridized carbons (Fsp3) is 0.500. The van der Waals surface area contributed by atoms with E-state index in [0.29, 0.717) is 24.5 Å². The van der Waals surface area contributed by atoms with Crippen molar-refractivity contribution < 1.29 is 17.9 Å². The third-order valence-corrected chi connectivity index (χ3v) is 3.03. The largest absolute Gasteiger partial charge is 0.497 e. The second-order valence-corrected chi connectivity index (χ2v) is 4.15. The second-order valence-electron chi connectivity index (χ2n) is 4.15. The van der Waals surface area contributed by atoms with E-state index < -0.39 is 12.2 Å². The highest BCUT2D eigenvalue weighted by atomic mass is 19.4. The van der Waals surface area contributed by atoms with Gasteiger partial charge in [-0.05, 0) is 24.3 Å². The molecule has 1 N–H and O–H groups in total. The summed E-state index contributed by atoms with van der Waals surface area (Å²) in [5.41, 5.74) is 0.569. The summed E-state index contributed by atoms with van der Waals surface area (Å²) in [7, 11) is 1.53. The van der Waals surface area contributed by atoms with Gasteiger partial charge in [-0.1, -0.05) is 0 Å². The van der Waals surface area contributed by atoms with E-state index in [0.717, 1.165) is 0 Å². The Morgan fingerprint density at radius 2 is 1.94 bits per heavy atom. The molecule has 6 heteroatoms. The Balaban J connectivity index is 2.22. The van der Waals surface area contributed by atoms with E-state index in [1.165, 1.54) is 12.0 Å². The molecule has 1 heterocycles. The summed E-state index contributed by atoms with van der Waals surface area (Å²) < 4.78 is 43.7. The lowest BCUT2D eigenvalue weighted by Crippen LogP contribution is -2.58. The predicted octanol–water partition coefficient (Wildman–Crippen LogP) is 2.04. The van der Waals surface area contributed by atoms with E-state index in [9.17, 15) is 13.2 Å². The number of methoxy groups -OCH3 is 1. The Bertz CT molecular complexity index is 391. The van der Waals surface area contributed by atoms with Gasteiger partial charge in [-0.2, -0.15) is 13.2 Å². The molecule has 1 fully saturated rings. The lowest BCUT2D eigenvalue weighted by Gasteiger charge is -2.38. The van der Waals surface area contributed by atoms with Gasteiger partial charge in [0.25, 0.3) is 0 Å². The van der Waals surface area contributed by atoms with E-state index in [4.69, 9.17) is 4.74 Å². The van der Waals surface area contributed by atoms with Gasteiger partial charge < -0.3 is 15.0 Å². The van der Waals surface area contributed by atoms with Gasteiger partial charge in [-0.3, -0.25) is 0 Å². The molecule has 0 bridgehead atoms. The molecule has 0 amide bonds. The molecule has 2 rings (SSSR count). The first-order valence-electron chi connectivity index (χ1n) is 5.70. The van der Waals surface area contributed by atoms with Crippen LogP contribution in [-0.2, 0) is 0 Å². The topological polar surface area (TPSA) is 24.5 Å². The summed E-state index contributed by atoms with van der Waals surface area (Å²) in [5, 5.41) is 2.78. The molecule has 1 aromatic rings. The molecule has 18 heavy (non-hydrogen) atoms. The van der Waals surface area contributed by atoms with Gasteiger partial charge in [0.2, 0.25) is 0 Å². The van der Waals surface area contributed by atoms with E-state index in [-0.39, 0.29) is 6.54 Å². The summed E-state index contributed by atoms with van der Waals surface area (Å²) in [6.07, 6.45) is -4.23. The first kappa shape index (κ1) is 13.0. The Labute approximate surface area is 104 Å². The zero-order chi connectivity index (χ0) is 13.2. The number of benzene rings is 1. The van der Waals surface area contributed by atoms with Crippen LogP contribution in [0.25, 0.3) is 0 Å². The number of nitrogens with zero attached hydrogens (tertiary/aromatic N) is 1. The van der Waals surface area contributed by atoms with Crippen LogP contribution in [0.3, 0.4) is 0 Å². The van der Waals surface area contributed by atoms with Gasteiger partial charge in [0.1, 0.15) is 11.8 Å². The highest BCUT2D eigenvalue weighted by molar-refractivity contribution is 5.50. The average Bonchev–Trinajstić information content (AvgIpc) is 2.38. The fourth-order valence-electron chi connectivity index (χ4n) is 2.08. The number of piperazine rings is 1. The first-order chi connectivity index (χ1) is 8.52. The van der Waals surface area contributed by atoms with E-state index in [1.807, 2.05) is 0 Å². The first-order valence-corrected chi connectivity index (χ1v) is 5.70. The third-order valence-electron chi connectivity index (χ3n) is 3.03. The molecule has 0 aliphatic carbocycles. The molecule has 0 spiro atoms. The minimum atomic E-state index is -4.23. The smallest absolute Gasteiger partial charge is 0.409 e. The zero-order valence-electron chi connectivity index (χ0n) is 10.00. The summed E-state index contributed by atoms with van der Waals surface area (Å²) in [5.74, 6) is 0.637. The Morgan fingerprint density at radius 3 is 2.50 bits per heavy atom. The van der Waals surface area contributed by atoms with Crippen molar-refractivity contribution in [1.82, 2.24) is 5.32 Å². The van der Waals surface area contributed by atoms with Gasteiger partial charge in [0, 0.05) is 25.3 Å². The van der Waals surface area contributed by atoms with Gasteiger partial charge >= 0.3 is 6.18 Å². The van der Waals surface area contributed by atoms with Crippen LogP contribution in [0.5, 0.6) is 5.75 Å². The number of nitrogens with one attached hydrogen (secondary N) is 1. The van der Waals surface area contributed by atoms with Gasteiger partial charge in [0.15, 0.2) is 0 Å². The van der Waals surface area contributed by atoms with Crippen LogP contribution in [0.1, 0.15) is 0 Å². The molecule has 0 radical (unpaired) electrons. The minimum absolute atomic E-state index is 0.0739. The number of hydrogen-bond donors (Lipinski definition) is 1. The van der Waals surface area contributed by atoms with E-state index >= 15 is 0 Å². The van der Waals surface area contributed by atoms with Crippen LogP contribution in [0, 0.1) is 0 Å². The molecule has 0 unspecified atom stereocenters. The highest BCUT2D eigenvalue weighted by Crippen LogP contribution is 2.30. The molecule has 3 nitrogen and oxygen atoms in total. The fourth-order valence-corrected chi connectivity index (χ4v) is 2.08. The molecule has 100 valence electrons. The maximum Gasteiger partial charge on any atom is 0.409 e. The van der Waals surface area contributed by atoms with Crippen molar-refractivity contribution in [3.63, 3.8) is 0 Å². The molecule has 1 aliphatic heterocycles. The SMILES string of the molecule is COc1ccc(N2CCNC[C@@H]2C(F)(F)F)cc1. The van der Waals surface area contributed by atoms with Crippen molar-refractivity contribution >= 4 is 5.69 Å². The summed E-state index contributed by atoms with van der Waals surface area (Å²) in [6.45, 7) is 0.824. The van der Waals surface area contributed by atoms with Crippen LogP contribution in [-0.4, -0.2) is 39.0 Å². The summed E-state index contributed by atoms with van der Waals surface area (Å²) in [4.78, 5) is 1.38. The van der Waals surface area contributed by atoms with Crippen LogP contribution in [0.2, 0.25) is 0 Å². The molecule has 1 atom stereocenters. The minimum Gasteiger partial charge on any atom is -0.497 e. The Morgan fingerprint density at radius 1 is 1.28 bits per heavy atom. The van der Waals surface area contributed by atoms with Crippen molar-refractivity contribution in [1.29, 1.82) is 0 Å². The number of ether oxygens (including phenoxy) is 1. The molecular weight excluding hydrogens is 245 g/mol. The van der Waals surface area contributed by atoms with Crippen LogP contribution >= 0.6 is 0 Å². The van der Waals surface area contributed by atoms with Crippen molar-refractivity contribution in [3.8, 4) is 5.75 Å². The van der Waals surface area contributed by atoms with Gasteiger partial charge in [-0.25, -0.2) is 0 Å². The van der Waals surface area contributed by atoms with E-state index in [2.05, 4.69) is 5.32 Å². The van der Waals surface area contributed by atoms with Crippen molar-refractivity contribution in [2.45, 2.75) is 12.2 Å². The Hall–Kier alpha value is -1.43. The molecule has 1 saturated heterocycles. The quantitative estimate of drug-likeness (QED) is 0.880. The molecule has 0 aromatic heterocycles. The summed E-state index contributed by atoms with van der Waals surface area (Å²) in [6, 6.07) is 5.18. The average molecular weight is 260 g/mol. The molecular formula is C12H15F3N2O. The maximum absolute atomic E-state index is 12.9. The predicted molar refractivity (Wildman–Crippen MR) is 63.1 cm³/mol. The van der Waals surface area contributed by atoms with E-state index in [1.54, 1.807) is 24.3 Å². The van der Waals surface area contributed by atoms with Crippen molar-refractivity contribution in [2.24, 2.45) is 0 Å². The van der Waals surface area contributed by atoms with Crippen LogP contribution in [0.4, 0.5) is 18.9 Å². The number of halogens is 3. The van der Waals surface area contributed by atoms with Crippen molar-refractivity contribution in [3.05, 3.63) is 24.3 Å². The summed E-state index contributed by atoms with van der Waals surface area (Å²) >= 11 is 0. The molecule has 1 aliphatic rings. The van der Waals surface area contributed by atoms with Gasteiger partial charge in [-0.15, -0.1) is 0 Å². The number of hydrogen-bond acceptors (Lipinski definition) is 3. The molecule has 0 saturated carbocycles. The lowest BCUT2D eigenvalue weighted by atomic mass is 10.1. The maximum atomic E-state index is 12.9. The Kier molecular flexibility index (Phi) is 3.65. The monoisotopic (exact) mass is 260 g/mol. The van der Waals surface area contributed by atoms with Gasteiger partial charge in [0.05, 0.1) is 7.11 Å². The number of alkyl halides is 3. The van der Waals surface area contributed by atoms with Crippen LogP contribution in [0.15, 0.2) is 24.3 Å². The lowest BCUT2D eigenvalue weighted by molar-refractivity contribution is -0.149. The highest BCUT2D eigenvalue weighted by Gasteiger charge is 2.44. The standard InChI is InChI=1S/C12H15F3N2O/c1-18-10-4-2-9(3-5-10)17-7-6-16-8-11(17)12(13,14)15/h2-5,11,16H,6-8H2,1H3/t11-/m1/s1. The number of anilines is 1. The zero-order valence-corrected chi connectivity index (χ0v) is 10.00. The number of rotatable bonds is 2. The molecule has 1 aromatic carbocycles. The third kappa shape index (κ3) is 2.69. The van der Waals surface area contributed by atoms with Crippen molar-refractivity contribution in [2.75, 3.05) is 31.6 Å². The normalized spacial score (nSPS) is 20.9.